The lowest BCUT2D eigenvalue weighted by Gasteiger charge is -2.31. The lowest BCUT2D eigenvalue weighted by Crippen LogP contribution is -2.28. The molecule has 1 saturated heterocycles. The van der Waals surface area contributed by atoms with E-state index in [0.29, 0.717) is 26.1 Å². The molecule has 0 saturated carbocycles. The molecule has 0 N–H and O–H groups in total. The van der Waals surface area contributed by atoms with E-state index < -0.39 is 7.82 Å². The van der Waals surface area contributed by atoms with Gasteiger partial charge in [-0.15, -0.1) is 0 Å². The van der Waals surface area contributed by atoms with Crippen molar-refractivity contribution in [2.24, 2.45) is 0 Å². The molecule has 126 valence electrons. The van der Waals surface area contributed by atoms with Crippen molar-refractivity contribution in [2.45, 2.75) is 31.7 Å². The fourth-order valence-electron chi connectivity index (χ4n) is 2.53. The molecule has 2 bridgehead atoms. The van der Waals surface area contributed by atoms with E-state index in [1.807, 2.05) is 36.4 Å². The summed E-state index contributed by atoms with van der Waals surface area (Å²) in [6.07, 6.45) is 4.62. The summed E-state index contributed by atoms with van der Waals surface area (Å²) < 4.78 is 39.0. The number of hydrogen-bond acceptors (Lipinski definition) is 6. The molecule has 0 spiro atoms. The molecule has 0 amide bonds. The monoisotopic (exact) mass is 340 g/mol. The molecule has 0 radical (unpaired) electrons. The highest BCUT2D eigenvalue weighted by Gasteiger charge is 2.40. The second-order valence-electron chi connectivity index (χ2n) is 5.47. The molecular formula is C16H21O6P. The Morgan fingerprint density at radius 1 is 1.26 bits per heavy atom. The number of benzene rings is 1. The zero-order valence-corrected chi connectivity index (χ0v) is 13.9. The van der Waals surface area contributed by atoms with Crippen LogP contribution in [0.1, 0.15) is 18.4 Å². The van der Waals surface area contributed by atoms with Crippen LogP contribution >= 0.6 is 7.82 Å². The standard InChI is InChI=1S/C16H21O6P/c1-18-14-6-4-13(5-7-14)12-19-10-8-16-11-15-3-2-9-20-23(17,21-15)22-16/h2-7,15-16H,8-12H2,1H3/t15-,16+,23?/m1/s1. The molecule has 0 aliphatic carbocycles. The van der Waals surface area contributed by atoms with Crippen molar-refractivity contribution in [3.05, 3.63) is 42.0 Å². The molecule has 1 fully saturated rings. The second kappa shape index (κ2) is 7.60. The summed E-state index contributed by atoms with van der Waals surface area (Å²) in [5.74, 6) is 0.824. The molecule has 2 heterocycles. The van der Waals surface area contributed by atoms with Gasteiger partial charge in [0.15, 0.2) is 0 Å². The van der Waals surface area contributed by atoms with Gasteiger partial charge in [0, 0.05) is 13.0 Å². The fraction of sp³-hybridized carbons (Fsp3) is 0.500. The number of fused-ring (bicyclic) bond motifs is 2. The van der Waals surface area contributed by atoms with Crippen LogP contribution in [0.15, 0.2) is 36.4 Å². The number of phosphoric acid groups is 1. The number of hydrogen-bond donors (Lipinski definition) is 0. The van der Waals surface area contributed by atoms with E-state index in [1.165, 1.54) is 0 Å². The largest absolute Gasteiger partial charge is 0.497 e. The average Bonchev–Trinajstić information content (AvgIpc) is 2.69. The van der Waals surface area contributed by atoms with Crippen LogP contribution in [0, 0.1) is 0 Å². The molecule has 3 rings (SSSR count). The molecule has 6 nitrogen and oxygen atoms in total. The molecule has 2 aliphatic rings. The Kier molecular flexibility index (Phi) is 5.51. The quantitative estimate of drug-likeness (QED) is 0.449. The summed E-state index contributed by atoms with van der Waals surface area (Å²) in [7, 11) is -1.77. The van der Waals surface area contributed by atoms with Crippen molar-refractivity contribution in [3.8, 4) is 5.75 Å². The molecule has 1 unspecified atom stereocenters. The van der Waals surface area contributed by atoms with E-state index in [0.717, 1.165) is 11.3 Å². The van der Waals surface area contributed by atoms with Crippen molar-refractivity contribution in [1.82, 2.24) is 0 Å². The maximum absolute atomic E-state index is 12.2. The third kappa shape index (κ3) is 4.66. The van der Waals surface area contributed by atoms with Crippen LogP contribution in [-0.4, -0.2) is 32.5 Å². The van der Waals surface area contributed by atoms with Crippen LogP contribution < -0.4 is 4.74 Å². The van der Waals surface area contributed by atoms with Crippen LogP contribution in [0.2, 0.25) is 0 Å². The van der Waals surface area contributed by atoms with Gasteiger partial charge in [0.05, 0.1) is 32.5 Å². The summed E-state index contributed by atoms with van der Waals surface area (Å²) in [6.45, 7) is 1.30. The van der Waals surface area contributed by atoms with Crippen molar-refractivity contribution in [3.63, 3.8) is 0 Å². The maximum atomic E-state index is 12.2. The molecular weight excluding hydrogens is 319 g/mol. The van der Waals surface area contributed by atoms with Gasteiger partial charge in [-0.2, -0.15) is 0 Å². The third-order valence-electron chi connectivity index (χ3n) is 3.73. The van der Waals surface area contributed by atoms with Crippen LogP contribution in [0.5, 0.6) is 5.75 Å². The first-order valence-electron chi connectivity index (χ1n) is 7.65. The molecule has 3 atom stereocenters. The fourth-order valence-corrected chi connectivity index (χ4v) is 4.02. The molecule has 1 aromatic rings. The molecule has 23 heavy (non-hydrogen) atoms. The van der Waals surface area contributed by atoms with E-state index >= 15 is 0 Å². The minimum absolute atomic E-state index is 0.182. The number of methoxy groups -OCH3 is 1. The minimum atomic E-state index is -3.41. The van der Waals surface area contributed by atoms with Crippen molar-refractivity contribution < 1.29 is 27.6 Å². The Hall–Kier alpha value is -1.17. The lowest BCUT2D eigenvalue weighted by molar-refractivity contribution is -0.00462. The molecule has 1 aromatic carbocycles. The Balaban J connectivity index is 1.43. The van der Waals surface area contributed by atoms with E-state index in [9.17, 15) is 4.57 Å². The summed E-state index contributed by atoms with van der Waals surface area (Å²) in [6, 6.07) is 7.74. The van der Waals surface area contributed by atoms with Crippen molar-refractivity contribution in [2.75, 3.05) is 20.3 Å². The van der Waals surface area contributed by atoms with Gasteiger partial charge in [-0.3, -0.25) is 13.6 Å². The second-order valence-corrected chi connectivity index (χ2v) is 7.04. The lowest BCUT2D eigenvalue weighted by atomic mass is 10.1. The van der Waals surface area contributed by atoms with Crippen LogP contribution in [-0.2, 0) is 29.5 Å². The Morgan fingerprint density at radius 3 is 2.87 bits per heavy atom. The Morgan fingerprint density at radius 2 is 2.09 bits per heavy atom. The van der Waals surface area contributed by atoms with E-state index in [1.54, 1.807) is 7.11 Å². The number of rotatable bonds is 6. The highest BCUT2D eigenvalue weighted by Crippen LogP contribution is 2.56. The third-order valence-corrected chi connectivity index (χ3v) is 5.28. The van der Waals surface area contributed by atoms with E-state index in [4.69, 9.17) is 23.0 Å². The van der Waals surface area contributed by atoms with E-state index in [-0.39, 0.29) is 18.8 Å². The highest BCUT2D eigenvalue weighted by atomic mass is 31.2. The van der Waals surface area contributed by atoms with Gasteiger partial charge in [0.1, 0.15) is 5.75 Å². The van der Waals surface area contributed by atoms with Gasteiger partial charge >= 0.3 is 7.82 Å². The van der Waals surface area contributed by atoms with Gasteiger partial charge in [-0.1, -0.05) is 24.3 Å². The summed E-state index contributed by atoms with van der Waals surface area (Å²) >= 11 is 0. The number of phosphoric ester groups is 1. The minimum Gasteiger partial charge on any atom is -0.497 e. The topological polar surface area (TPSA) is 63.2 Å². The van der Waals surface area contributed by atoms with Crippen LogP contribution in [0.25, 0.3) is 0 Å². The predicted molar refractivity (Wildman–Crippen MR) is 84.3 cm³/mol. The summed E-state index contributed by atoms with van der Waals surface area (Å²) in [5, 5.41) is 0. The van der Waals surface area contributed by atoms with Crippen LogP contribution in [0.4, 0.5) is 0 Å². The first-order valence-corrected chi connectivity index (χ1v) is 9.12. The zero-order valence-electron chi connectivity index (χ0n) is 13.1. The predicted octanol–water partition coefficient (Wildman–Crippen LogP) is 3.47. The van der Waals surface area contributed by atoms with Gasteiger partial charge in [-0.05, 0) is 24.1 Å². The molecule has 2 aliphatic heterocycles. The molecule has 0 aromatic heterocycles. The number of ether oxygens (including phenoxy) is 2. The first-order chi connectivity index (χ1) is 11.2. The van der Waals surface area contributed by atoms with Crippen LogP contribution in [0.3, 0.4) is 0 Å². The van der Waals surface area contributed by atoms with Crippen molar-refractivity contribution in [1.29, 1.82) is 0 Å². The normalized spacial score (nSPS) is 30.0. The first kappa shape index (κ1) is 16.7. The Bertz CT molecular complexity index is 585. The van der Waals surface area contributed by atoms with Crippen molar-refractivity contribution >= 4 is 7.82 Å². The smallest absolute Gasteiger partial charge is 0.475 e. The van der Waals surface area contributed by atoms with E-state index in [2.05, 4.69) is 0 Å². The van der Waals surface area contributed by atoms with Gasteiger partial charge in [0.25, 0.3) is 0 Å². The molecule has 7 heteroatoms. The maximum Gasteiger partial charge on any atom is 0.475 e. The average molecular weight is 340 g/mol. The van der Waals surface area contributed by atoms with Gasteiger partial charge < -0.3 is 9.47 Å². The highest BCUT2D eigenvalue weighted by molar-refractivity contribution is 7.48. The Labute approximate surface area is 135 Å². The zero-order chi connectivity index (χ0) is 16.1. The SMILES string of the molecule is COc1ccc(COCC[C@H]2C[C@H]3C=CCOP(=O)(O2)O3)cc1. The summed E-state index contributed by atoms with van der Waals surface area (Å²) in [4.78, 5) is 0. The summed E-state index contributed by atoms with van der Waals surface area (Å²) in [5.41, 5.74) is 1.08. The van der Waals surface area contributed by atoms with Gasteiger partial charge in [0.2, 0.25) is 0 Å². The van der Waals surface area contributed by atoms with Gasteiger partial charge in [-0.25, -0.2) is 4.57 Å².